The quantitative estimate of drug-likeness (QED) is 0.807. The first kappa shape index (κ1) is 12.7. The summed E-state index contributed by atoms with van der Waals surface area (Å²) in [6, 6.07) is 4.46. The standard InChI is InChI=1S/C15H18BrN3O/c1-17-14(9-3-7-2-8(7)4-9)10-5-12-13(6-11(10)16)19-15(20)18-12/h5-9,14,17H,2-4H2,1H3,(H2,18,19,20). The van der Waals surface area contributed by atoms with Gasteiger partial charge in [-0.15, -0.1) is 0 Å². The normalized spacial score (nSPS) is 29.6. The topological polar surface area (TPSA) is 60.7 Å². The van der Waals surface area contributed by atoms with Gasteiger partial charge in [-0.05, 0) is 61.8 Å². The molecule has 2 aromatic rings. The molecule has 2 fully saturated rings. The number of hydrogen-bond acceptors (Lipinski definition) is 2. The lowest BCUT2D eigenvalue weighted by molar-refractivity contribution is 0.359. The lowest BCUT2D eigenvalue weighted by Crippen LogP contribution is -2.25. The van der Waals surface area contributed by atoms with Crippen LogP contribution in [0.25, 0.3) is 11.0 Å². The van der Waals surface area contributed by atoms with Crippen molar-refractivity contribution in [3.05, 3.63) is 32.7 Å². The number of aromatic nitrogens is 2. The van der Waals surface area contributed by atoms with Crippen LogP contribution in [-0.2, 0) is 0 Å². The molecule has 20 heavy (non-hydrogen) atoms. The number of hydrogen-bond donors (Lipinski definition) is 3. The van der Waals surface area contributed by atoms with Crippen molar-refractivity contribution < 1.29 is 0 Å². The fraction of sp³-hybridized carbons (Fsp3) is 0.533. The molecule has 0 amide bonds. The number of fused-ring (bicyclic) bond motifs is 2. The third kappa shape index (κ3) is 1.95. The van der Waals surface area contributed by atoms with Crippen molar-refractivity contribution in [1.29, 1.82) is 0 Å². The van der Waals surface area contributed by atoms with Crippen molar-refractivity contribution in [2.45, 2.75) is 25.3 Å². The smallest absolute Gasteiger partial charge is 0.313 e. The Morgan fingerprint density at radius 1 is 1.20 bits per heavy atom. The first-order chi connectivity index (χ1) is 9.65. The monoisotopic (exact) mass is 335 g/mol. The number of aromatic amines is 2. The molecule has 3 atom stereocenters. The number of imidazole rings is 1. The van der Waals surface area contributed by atoms with Gasteiger partial charge >= 0.3 is 5.69 Å². The van der Waals surface area contributed by atoms with Crippen LogP contribution < -0.4 is 11.0 Å². The molecule has 3 N–H and O–H groups in total. The van der Waals surface area contributed by atoms with Crippen molar-refractivity contribution >= 4 is 27.0 Å². The molecular formula is C15H18BrN3O. The summed E-state index contributed by atoms with van der Waals surface area (Å²) in [6.45, 7) is 0. The Hall–Kier alpha value is -1.07. The second-order valence-corrected chi connectivity index (χ2v) is 7.11. The molecule has 2 aliphatic carbocycles. The van der Waals surface area contributed by atoms with Gasteiger partial charge in [-0.25, -0.2) is 4.79 Å². The van der Waals surface area contributed by atoms with Crippen molar-refractivity contribution in [2.75, 3.05) is 7.05 Å². The number of rotatable bonds is 3. The first-order valence-corrected chi connectivity index (χ1v) is 8.03. The summed E-state index contributed by atoms with van der Waals surface area (Å²) in [5, 5.41) is 3.48. The van der Waals surface area contributed by atoms with Gasteiger partial charge in [0.1, 0.15) is 0 Å². The van der Waals surface area contributed by atoms with Gasteiger partial charge in [0, 0.05) is 10.5 Å². The third-order valence-electron chi connectivity index (χ3n) is 5.03. The largest absolute Gasteiger partial charge is 0.323 e. The molecule has 1 aromatic heterocycles. The van der Waals surface area contributed by atoms with E-state index in [1.807, 2.05) is 13.1 Å². The van der Waals surface area contributed by atoms with Crippen molar-refractivity contribution in [2.24, 2.45) is 17.8 Å². The van der Waals surface area contributed by atoms with Crippen LogP contribution >= 0.6 is 15.9 Å². The van der Waals surface area contributed by atoms with E-state index >= 15 is 0 Å². The van der Waals surface area contributed by atoms with Gasteiger partial charge in [0.15, 0.2) is 0 Å². The summed E-state index contributed by atoms with van der Waals surface area (Å²) < 4.78 is 1.07. The Kier molecular flexibility index (Phi) is 2.82. The molecule has 2 aliphatic rings. The summed E-state index contributed by atoms with van der Waals surface area (Å²) in [4.78, 5) is 17.1. The number of H-pyrrole nitrogens is 2. The SMILES string of the molecule is CNC(c1cc2[nH]c(=O)[nH]c2cc1Br)C1CC2CC2C1. The van der Waals surface area contributed by atoms with Crippen molar-refractivity contribution in [1.82, 2.24) is 15.3 Å². The second kappa shape index (κ2) is 4.46. The lowest BCUT2D eigenvalue weighted by Gasteiger charge is -2.26. The Morgan fingerprint density at radius 3 is 2.50 bits per heavy atom. The van der Waals surface area contributed by atoms with Gasteiger partial charge in [0.2, 0.25) is 0 Å². The van der Waals surface area contributed by atoms with Gasteiger partial charge in [-0.3, -0.25) is 0 Å². The number of halogens is 1. The maximum atomic E-state index is 11.4. The average molecular weight is 336 g/mol. The highest BCUT2D eigenvalue weighted by atomic mass is 79.9. The van der Waals surface area contributed by atoms with E-state index < -0.39 is 0 Å². The van der Waals surface area contributed by atoms with E-state index in [1.165, 1.54) is 24.8 Å². The van der Waals surface area contributed by atoms with Crippen LogP contribution in [0.15, 0.2) is 21.4 Å². The minimum absolute atomic E-state index is 0.146. The summed E-state index contributed by atoms with van der Waals surface area (Å²) in [5.74, 6) is 2.67. The molecule has 1 aromatic carbocycles. The predicted octanol–water partition coefficient (Wildman–Crippen LogP) is 2.93. The van der Waals surface area contributed by atoms with E-state index in [9.17, 15) is 4.79 Å². The zero-order valence-electron chi connectivity index (χ0n) is 11.4. The van der Waals surface area contributed by atoms with Gasteiger partial charge < -0.3 is 15.3 Å². The van der Waals surface area contributed by atoms with Gasteiger partial charge in [-0.2, -0.15) is 0 Å². The molecular weight excluding hydrogens is 318 g/mol. The van der Waals surface area contributed by atoms with Crippen LogP contribution in [0.2, 0.25) is 0 Å². The molecule has 0 spiro atoms. The van der Waals surface area contributed by atoms with Gasteiger partial charge in [0.25, 0.3) is 0 Å². The van der Waals surface area contributed by atoms with Crippen molar-refractivity contribution in [3.8, 4) is 0 Å². The van der Waals surface area contributed by atoms with E-state index in [4.69, 9.17) is 0 Å². The second-order valence-electron chi connectivity index (χ2n) is 6.25. The highest BCUT2D eigenvalue weighted by molar-refractivity contribution is 9.10. The minimum atomic E-state index is -0.146. The van der Waals surface area contributed by atoms with E-state index in [-0.39, 0.29) is 5.69 Å². The lowest BCUT2D eigenvalue weighted by atomic mass is 9.89. The van der Waals surface area contributed by atoms with Crippen LogP contribution in [0.5, 0.6) is 0 Å². The molecule has 0 radical (unpaired) electrons. The summed E-state index contributed by atoms with van der Waals surface area (Å²) in [6.07, 6.45) is 4.12. The summed E-state index contributed by atoms with van der Waals surface area (Å²) >= 11 is 3.67. The van der Waals surface area contributed by atoms with E-state index in [1.54, 1.807) is 0 Å². The fourth-order valence-corrected chi connectivity index (χ4v) is 4.58. The maximum absolute atomic E-state index is 11.4. The van der Waals surface area contributed by atoms with Gasteiger partial charge in [0.05, 0.1) is 11.0 Å². The highest BCUT2D eigenvalue weighted by Gasteiger charge is 2.48. The first-order valence-electron chi connectivity index (χ1n) is 7.24. The predicted molar refractivity (Wildman–Crippen MR) is 82.7 cm³/mol. The molecule has 4 rings (SSSR count). The molecule has 1 heterocycles. The fourth-order valence-electron chi connectivity index (χ4n) is 3.99. The molecule has 3 unspecified atom stereocenters. The van der Waals surface area contributed by atoms with E-state index in [0.717, 1.165) is 27.3 Å². The van der Waals surface area contributed by atoms with Gasteiger partial charge in [-0.1, -0.05) is 15.9 Å². The Bertz CT molecular complexity index is 709. The zero-order valence-corrected chi connectivity index (χ0v) is 13.0. The Labute approximate surface area is 125 Å². The third-order valence-corrected chi connectivity index (χ3v) is 5.72. The van der Waals surface area contributed by atoms with Crippen LogP contribution in [0.3, 0.4) is 0 Å². The zero-order chi connectivity index (χ0) is 13.9. The highest BCUT2D eigenvalue weighted by Crippen LogP contribution is 2.57. The number of nitrogens with one attached hydrogen (secondary N) is 3. The number of benzene rings is 1. The maximum Gasteiger partial charge on any atom is 0.323 e. The van der Waals surface area contributed by atoms with E-state index in [2.05, 4.69) is 37.3 Å². The summed E-state index contributed by atoms with van der Waals surface area (Å²) in [7, 11) is 2.03. The molecule has 0 bridgehead atoms. The molecule has 0 aliphatic heterocycles. The van der Waals surface area contributed by atoms with Crippen LogP contribution in [0.1, 0.15) is 30.9 Å². The van der Waals surface area contributed by atoms with Crippen LogP contribution in [0.4, 0.5) is 0 Å². The van der Waals surface area contributed by atoms with Crippen LogP contribution in [0, 0.1) is 17.8 Å². The Balaban J connectivity index is 1.74. The molecule has 106 valence electrons. The Morgan fingerprint density at radius 2 is 1.85 bits per heavy atom. The molecule has 2 saturated carbocycles. The summed E-state index contributed by atoms with van der Waals surface area (Å²) in [5.41, 5.74) is 2.85. The average Bonchev–Trinajstić information content (AvgIpc) is 2.85. The molecule has 0 saturated heterocycles. The van der Waals surface area contributed by atoms with E-state index in [0.29, 0.717) is 12.0 Å². The van der Waals surface area contributed by atoms with Crippen LogP contribution in [-0.4, -0.2) is 17.0 Å². The van der Waals surface area contributed by atoms with Crippen molar-refractivity contribution in [3.63, 3.8) is 0 Å². The molecule has 5 heteroatoms. The minimum Gasteiger partial charge on any atom is -0.313 e. The molecule has 4 nitrogen and oxygen atoms in total.